The number of benzene rings is 2. The van der Waals surface area contributed by atoms with Gasteiger partial charge in [0, 0.05) is 11.8 Å². The van der Waals surface area contributed by atoms with Gasteiger partial charge in [-0.3, -0.25) is 9.69 Å². The molecule has 120 valence electrons. The summed E-state index contributed by atoms with van der Waals surface area (Å²) in [5, 5.41) is 0. The summed E-state index contributed by atoms with van der Waals surface area (Å²) in [5.74, 6) is 0.128. The summed E-state index contributed by atoms with van der Waals surface area (Å²) in [6.07, 6.45) is 1.65. The normalized spacial score (nSPS) is 10.4. The monoisotopic (exact) mass is 320 g/mol. The van der Waals surface area contributed by atoms with Crippen LogP contribution in [0.5, 0.6) is 0 Å². The third-order valence-electron chi connectivity index (χ3n) is 3.69. The smallest absolute Gasteiger partial charge is 0.259 e. The molecule has 0 saturated heterocycles. The van der Waals surface area contributed by atoms with E-state index in [0.29, 0.717) is 17.9 Å². The van der Waals surface area contributed by atoms with Gasteiger partial charge in [0.15, 0.2) is 0 Å². The lowest BCUT2D eigenvalue weighted by Gasteiger charge is -2.22. The maximum atomic E-state index is 13.1. The summed E-state index contributed by atoms with van der Waals surface area (Å²) >= 11 is 0. The van der Waals surface area contributed by atoms with E-state index in [1.807, 2.05) is 31.2 Å². The van der Waals surface area contributed by atoms with Gasteiger partial charge in [-0.25, -0.2) is 9.37 Å². The first kappa shape index (κ1) is 15.9. The van der Waals surface area contributed by atoms with Crippen LogP contribution in [-0.4, -0.2) is 10.9 Å². The second kappa shape index (κ2) is 7.04. The Kier molecular flexibility index (Phi) is 4.66. The molecule has 0 aliphatic heterocycles. The number of amides is 1. The minimum Gasteiger partial charge on any atom is -0.288 e. The van der Waals surface area contributed by atoms with Crippen molar-refractivity contribution in [2.75, 3.05) is 4.90 Å². The average Bonchev–Trinajstić information content (AvgIpc) is 2.61. The van der Waals surface area contributed by atoms with E-state index in [0.717, 1.165) is 11.1 Å². The minimum atomic E-state index is -0.298. The number of carbonyl (C=O) groups is 1. The summed E-state index contributed by atoms with van der Waals surface area (Å²) in [6.45, 7) is 2.27. The number of hydrogen-bond donors (Lipinski definition) is 0. The molecular weight excluding hydrogens is 303 g/mol. The van der Waals surface area contributed by atoms with E-state index in [1.54, 1.807) is 41.4 Å². The predicted molar refractivity (Wildman–Crippen MR) is 92.3 cm³/mol. The van der Waals surface area contributed by atoms with Gasteiger partial charge >= 0.3 is 0 Å². The average molecular weight is 320 g/mol. The third kappa shape index (κ3) is 3.66. The van der Waals surface area contributed by atoms with Crippen molar-refractivity contribution >= 4 is 11.7 Å². The Morgan fingerprint density at radius 1 is 1.04 bits per heavy atom. The summed E-state index contributed by atoms with van der Waals surface area (Å²) in [7, 11) is 0. The third-order valence-corrected chi connectivity index (χ3v) is 3.69. The van der Waals surface area contributed by atoms with Crippen LogP contribution in [0.1, 0.15) is 21.5 Å². The van der Waals surface area contributed by atoms with E-state index in [1.165, 1.54) is 12.1 Å². The maximum absolute atomic E-state index is 13.1. The molecule has 2 aromatic carbocycles. The zero-order valence-corrected chi connectivity index (χ0v) is 13.3. The van der Waals surface area contributed by atoms with E-state index >= 15 is 0 Å². The summed E-state index contributed by atoms with van der Waals surface area (Å²) in [6, 6.07) is 19.0. The number of rotatable bonds is 4. The summed E-state index contributed by atoms with van der Waals surface area (Å²) in [5.41, 5.74) is 2.45. The zero-order chi connectivity index (χ0) is 16.9. The van der Waals surface area contributed by atoms with Crippen molar-refractivity contribution in [1.82, 2.24) is 4.98 Å². The van der Waals surface area contributed by atoms with Crippen molar-refractivity contribution in [2.45, 2.75) is 13.5 Å². The Bertz CT molecular complexity index is 832. The van der Waals surface area contributed by atoms with Gasteiger partial charge in [0.2, 0.25) is 0 Å². The molecule has 0 aliphatic rings. The SMILES string of the molecule is Cc1cccc(C(=O)N(Cc2ccc(F)cc2)c2ccccn2)c1. The summed E-state index contributed by atoms with van der Waals surface area (Å²) in [4.78, 5) is 18.9. The topological polar surface area (TPSA) is 33.2 Å². The van der Waals surface area contributed by atoms with Crippen molar-refractivity contribution in [1.29, 1.82) is 0 Å². The van der Waals surface area contributed by atoms with Crippen molar-refractivity contribution in [3.8, 4) is 0 Å². The Labute approximate surface area is 140 Å². The van der Waals surface area contributed by atoms with Gasteiger partial charge < -0.3 is 0 Å². The van der Waals surface area contributed by atoms with Gasteiger partial charge in [0.05, 0.1) is 6.54 Å². The number of halogens is 1. The molecule has 0 spiro atoms. The molecule has 0 fully saturated rings. The molecule has 4 heteroatoms. The molecule has 0 N–H and O–H groups in total. The van der Waals surface area contributed by atoms with E-state index in [9.17, 15) is 9.18 Å². The number of hydrogen-bond acceptors (Lipinski definition) is 2. The van der Waals surface area contributed by atoms with Crippen LogP contribution in [0.3, 0.4) is 0 Å². The van der Waals surface area contributed by atoms with Gasteiger partial charge in [-0.1, -0.05) is 35.9 Å². The fourth-order valence-electron chi connectivity index (χ4n) is 2.48. The molecule has 1 amide bonds. The highest BCUT2D eigenvalue weighted by Gasteiger charge is 2.19. The molecule has 0 aliphatic carbocycles. The predicted octanol–water partition coefficient (Wildman–Crippen LogP) is 4.38. The molecule has 0 bridgehead atoms. The van der Waals surface area contributed by atoms with Crippen LogP contribution in [0.25, 0.3) is 0 Å². The number of aryl methyl sites for hydroxylation is 1. The fourth-order valence-corrected chi connectivity index (χ4v) is 2.48. The van der Waals surface area contributed by atoms with Crippen LogP contribution < -0.4 is 4.90 Å². The van der Waals surface area contributed by atoms with Crippen LogP contribution in [0.2, 0.25) is 0 Å². The zero-order valence-electron chi connectivity index (χ0n) is 13.3. The van der Waals surface area contributed by atoms with Crippen LogP contribution in [0.15, 0.2) is 72.9 Å². The first-order valence-corrected chi connectivity index (χ1v) is 7.67. The molecule has 1 aromatic heterocycles. The lowest BCUT2D eigenvalue weighted by atomic mass is 10.1. The van der Waals surface area contributed by atoms with Gasteiger partial charge in [-0.2, -0.15) is 0 Å². The standard InChI is InChI=1S/C20H17FN2O/c1-15-5-4-6-17(13-15)20(24)23(19-7-2-3-12-22-19)14-16-8-10-18(21)11-9-16/h2-13H,14H2,1H3. The van der Waals surface area contributed by atoms with E-state index < -0.39 is 0 Å². The molecule has 0 atom stereocenters. The highest BCUT2D eigenvalue weighted by Crippen LogP contribution is 2.18. The number of aromatic nitrogens is 1. The van der Waals surface area contributed by atoms with Gasteiger partial charge in [0.25, 0.3) is 5.91 Å². The Morgan fingerprint density at radius 3 is 2.50 bits per heavy atom. The van der Waals surface area contributed by atoms with Crippen LogP contribution in [0, 0.1) is 12.7 Å². The first-order valence-electron chi connectivity index (χ1n) is 7.67. The second-order valence-electron chi connectivity index (χ2n) is 5.58. The van der Waals surface area contributed by atoms with Crippen LogP contribution >= 0.6 is 0 Å². The first-order chi connectivity index (χ1) is 11.6. The van der Waals surface area contributed by atoms with Gasteiger partial charge in [-0.05, 0) is 48.9 Å². The molecular formula is C20H17FN2O. The van der Waals surface area contributed by atoms with Crippen molar-refractivity contribution in [2.24, 2.45) is 0 Å². The fraction of sp³-hybridized carbons (Fsp3) is 0.100. The molecule has 0 unspecified atom stereocenters. The lowest BCUT2D eigenvalue weighted by Crippen LogP contribution is -2.31. The quantitative estimate of drug-likeness (QED) is 0.715. The van der Waals surface area contributed by atoms with Crippen molar-refractivity contribution in [3.63, 3.8) is 0 Å². The number of carbonyl (C=O) groups excluding carboxylic acids is 1. The number of anilines is 1. The van der Waals surface area contributed by atoms with Gasteiger partial charge in [0.1, 0.15) is 11.6 Å². The Hall–Kier alpha value is -3.01. The highest BCUT2D eigenvalue weighted by molar-refractivity contribution is 6.05. The van der Waals surface area contributed by atoms with E-state index in [4.69, 9.17) is 0 Å². The molecule has 3 rings (SSSR count). The number of pyridine rings is 1. The van der Waals surface area contributed by atoms with Crippen molar-refractivity contribution in [3.05, 3.63) is 95.4 Å². The second-order valence-corrected chi connectivity index (χ2v) is 5.58. The minimum absolute atomic E-state index is 0.137. The van der Waals surface area contributed by atoms with Crippen molar-refractivity contribution < 1.29 is 9.18 Å². The largest absolute Gasteiger partial charge is 0.288 e. The van der Waals surface area contributed by atoms with Crippen LogP contribution in [0.4, 0.5) is 10.2 Å². The van der Waals surface area contributed by atoms with Crippen LogP contribution in [-0.2, 0) is 6.54 Å². The Balaban J connectivity index is 1.96. The molecule has 3 aromatic rings. The molecule has 3 nitrogen and oxygen atoms in total. The molecule has 1 heterocycles. The lowest BCUT2D eigenvalue weighted by molar-refractivity contribution is 0.0984. The molecule has 0 radical (unpaired) electrons. The molecule has 24 heavy (non-hydrogen) atoms. The summed E-state index contributed by atoms with van der Waals surface area (Å²) < 4.78 is 13.1. The van der Waals surface area contributed by atoms with E-state index in [2.05, 4.69) is 4.98 Å². The Morgan fingerprint density at radius 2 is 1.83 bits per heavy atom. The highest BCUT2D eigenvalue weighted by atomic mass is 19.1. The van der Waals surface area contributed by atoms with Gasteiger partial charge in [-0.15, -0.1) is 0 Å². The molecule has 0 saturated carbocycles. The number of nitrogens with zero attached hydrogens (tertiary/aromatic N) is 2. The van der Waals surface area contributed by atoms with E-state index in [-0.39, 0.29) is 11.7 Å². The maximum Gasteiger partial charge on any atom is 0.259 e.